The fourth-order valence-electron chi connectivity index (χ4n) is 4.10. The number of methoxy groups -OCH3 is 1. The number of allylic oxidation sites excluding steroid dienone is 1. The maximum absolute atomic E-state index is 13.0. The third-order valence-corrected chi connectivity index (χ3v) is 5.48. The number of ether oxygens (including phenoxy) is 1. The topological polar surface area (TPSA) is 49.9 Å². The third kappa shape index (κ3) is 3.15. The van der Waals surface area contributed by atoms with Crippen molar-refractivity contribution in [2.45, 2.75) is 25.7 Å². The number of carbonyl (C=O) groups is 2. The normalized spacial score (nSPS) is 23.2. The van der Waals surface area contributed by atoms with Crippen LogP contribution in [0, 0.1) is 5.41 Å². The molecular formula is C20H26N2O3. The second-order valence-corrected chi connectivity index (χ2v) is 7.11. The number of carbonyl (C=O) groups excluding carboxylic acids is 2. The van der Waals surface area contributed by atoms with Crippen LogP contribution >= 0.6 is 0 Å². The average Bonchev–Trinajstić information content (AvgIpc) is 3.04. The summed E-state index contributed by atoms with van der Waals surface area (Å²) in [6.45, 7) is 5.75. The van der Waals surface area contributed by atoms with Crippen LogP contribution in [0.3, 0.4) is 0 Å². The van der Waals surface area contributed by atoms with Gasteiger partial charge in [0.2, 0.25) is 5.91 Å². The first-order valence-corrected chi connectivity index (χ1v) is 8.83. The molecule has 134 valence electrons. The van der Waals surface area contributed by atoms with Gasteiger partial charge in [0.25, 0.3) is 5.91 Å². The largest absolute Gasteiger partial charge is 0.496 e. The van der Waals surface area contributed by atoms with E-state index in [2.05, 4.69) is 6.58 Å². The minimum atomic E-state index is -0.376. The summed E-state index contributed by atoms with van der Waals surface area (Å²) in [6.07, 6.45) is 5.10. The number of amides is 2. The Balaban J connectivity index is 1.79. The van der Waals surface area contributed by atoms with Gasteiger partial charge >= 0.3 is 0 Å². The van der Waals surface area contributed by atoms with Gasteiger partial charge in [-0.1, -0.05) is 6.08 Å². The third-order valence-electron chi connectivity index (χ3n) is 5.48. The minimum Gasteiger partial charge on any atom is -0.496 e. The number of nitrogens with zero attached hydrogens (tertiary/aromatic N) is 2. The lowest BCUT2D eigenvalue weighted by Gasteiger charge is -2.37. The van der Waals surface area contributed by atoms with Crippen LogP contribution in [0.1, 0.15) is 35.2 Å². The highest BCUT2D eigenvalue weighted by molar-refractivity contribution is 5.96. The Bertz CT molecular complexity index is 700. The summed E-state index contributed by atoms with van der Waals surface area (Å²) < 4.78 is 5.35. The van der Waals surface area contributed by atoms with Crippen LogP contribution in [-0.4, -0.2) is 55.4 Å². The van der Waals surface area contributed by atoms with Crippen LogP contribution in [0.2, 0.25) is 0 Å². The summed E-state index contributed by atoms with van der Waals surface area (Å²) >= 11 is 0. The zero-order valence-electron chi connectivity index (χ0n) is 15.1. The summed E-state index contributed by atoms with van der Waals surface area (Å²) in [4.78, 5) is 29.2. The predicted octanol–water partition coefficient (Wildman–Crippen LogP) is 2.51. The van der Waals surface area contributed by atoms with Gasteiger partial charge in [-0.25, -0.2) is 0 Å². The summed E-state index contributed by atoms with van der Waals surface area (Å²) in [5.74, 6) is 0.945. The van der Waals surface area contributed by atoms with Crippen molar-refractivity contribution in [1.29, 1.82) is 0 Å². The summed E-state index contributed by atoms with van der Waals surface area (Å²) in [6, 6.07) is 5.51. The molecule has 1 spiro atoms. The predicted molar refractivity (Wildman–Crippen MR) is 96.7 cm³/mol. The van der Waals surface area contributed by atoms with Gasteiger partial charge in [-0.05, 0) is 49.4 Å². The molecule has 5 nitrogen and oxygen atoms in total. The first-order chi connectivity index (χ1) is 12.0. The molecule has 1 aromatic rings. The fraction of sp³-hybridized carbons (Fsp3) is 0.500. The van der Waals surface area contributed by atoms with E-state index in [-0.39, 0.29) is 17.2 Å². The number of likely N-dealkylation sites (tertiary alicyclic amines) is 2. The Morgan fingerprint density at radius 1 is 1.36 bits per heavy atom. The minimum absolute atomic E-state index is 0.00846. The molecule has 0 N–H and O–H groups in total. The second-order valence-electron chi connectivity index (χ2n) is 7.11. The van der Waals surface area contributed by atoms with Crippen molar-refractivity contribution in [3.63, 3.8) is 0 Å². The van der Waals surface area contributed by atoms with Crippen molar-refractivity contribution in [2.75, 3.05) is 33.8 Å². The number of benzene rings is 1. The molecule has 2 aliphatic rings. The van der Waals surface area contributed by atoms with Gasteiger partial charge in [0, 0.05) is 32.2 Å². The first kappa shape index (κ1) is 17.5. The molecule has 0 radical (unpaired) electrons. The lowest BCUT2D eigenvalue weighted by atomic mass is 9.78. The van der Waals surface area contributed by atoms with Crippen molar-refractivity contribution in [1.82, 2.24) is 9.80 Å². The van der Waals surface area contributed by atoms with Crippen molar-refractivity contribution >= 4 is 11.8 Å². The lowest BCUT2D eigenvalue weighted by Crippen LogP contribution is -2.48. The highest BCUT2D eigenvalue weighted by Gasteiger charge is 2.48. The van der Waals surface area contributed by atoms with Crippen molar-refractivity contribution in [3.05, 3.63) is 42.0 Å². The van der Waals surface area contributed by atoms with Crippen molar-refractivity contribution in [2.24, 2.45) is 5.41 Å². The molecular weight excluding hydrogens is 316 g/mol. The molecule has 2 fully saturated rings. The van der Waals surface area contributed by atoms with E-state index in [1.165, 1.54) is 0 Å². The van der Waals surface area contributed by atoms with Gasteiger partial charge in [0.15, 0.2) is 0 Å². The fourth-order valence-corrected chi connectivity index (χ4v) is 4.10. The standard InChI is InChI=1S/C20H26N2O3/c1-4-6-15-13-16(7-8-17(15)25-3)18(23)22-12-10-20(14-22)9-5-11-21(2)19(20)24/h4,7-8,13H,1,5-6,9-12,14H2,2-3H3/t20-/m0/s1. The summed E-state index contributed by atoms with van der Waals surface area (Å²) in [5.41, 5.74) is 1.22. The van der Waals surface area contributed by atoms with E-state index < -0.39 is 0 Å². The van der Waals surface area contributed by atoms with Crippen LogP contribution in [-0.2, 0) is 11.2 Å². The molecule has 0 aromatic heterocycles. The van der Waals surface area contributed by atoms with Crippen LogP contribution < -0.4 is 4.74 Å². The summed E-state index contributed by atoms with van der Waals surface area (Å²) in [5, 5.41) is 0. The van der Waals surface area contributed by atoms with E-state index in [1.54, 1.807) is 19.3 Å². The Morgan fingerprint density at radius 3 is 2.88 bits per heavy atom. The smallest absolute Gasteiger partial charge is 0.253 e. The van der Waals surface area contributed by atoms with Gasteiger partial charge in [-0.15, -0.1) is 6.58 Å². The van der Waals surface area contributed by atoms with Crippen molar-refractivity contribution in [3.8, 4) is 5.75 Å². The molecule has 2 saturated heterocycles. The Hall–Kier alpha value is -2.30. The number of hydrogen-bond donors (Lipinski definition) is 0. The molecule has 3 rings (SSSR count). The number of hydrogen-bond acceptors (Lipinski definition) is 3. The van der Waals surface area contributed by atoms with Gasteiger partial charge in [-0.3, -0.25) is 9.59 Å². The molecule has 5 heteroatoms. The van der Waals surface area contributed by atoms with Gasteiger partial charge in [0.1, 0.15) is 5.75 Å². The SMILES string of the molecule is C=CCc1cc(C(=O)N2CC[C@@]3(CCCN(C)C3=O)C2)ccc1OC. The zero-order valence-corrected chi connectivity index (χ0v) is 15.1. The highest BCUT2D eigenvalue weighted by Crippen LogP contribution is 2.40. The zero-order chi connectivity index (χ0) is 18.0. The van der Waals surface area contributed by atoms with E-state index in [9.17, 15) is 9.59 Å². The molecule has 1 aromatic carbocycles. The molecule has 1 atom stereocenters. The molecule has 0 unspecified atom stereocenters. The van der Waals surface area contributed by atoms with E-state index in [0.29, 0.717) is 25.1 Å². The first-order valence-electron chi connectivity index (χ1n) is 8.83. The molecule has 2 heterocycles. The molecule has 25 heavy (non-hydrogen) atoms. The highest BCUT2D eigenvalue weighted by atomic mass is 16.5. The summed E-state index contributed by atoms with van der Waals surface area (Å²) in [7, 11) is 3.48. The van der Waals surface area contributed by atoms with Gasteiger partial charge in [-0.2, -0.15) is 0 Å². The Kier molecular flexibility index (Phi) is 4.84. The maximum Gasteiger partial charge on any atom is 0.253 e. The lowest BCUT2D eigenvalue weighted by molar-refractivity contribution is -0.143. The molecule has 0 aliphatic carbocycles. The van der Waals surface area contributed by atoms with E-state index in [1.807, 2.05) is 29.0 Å². The van der Waals surface area contributed by atoms with Gasteiger partial charge < -0.3 is 14.5 Å². The van der Waals surface area contributed by atoms with Crippen LogP contribution in [0.15, 0.2) is 30.9 Å². The van der Waals surface area contributed by atoms with E-state index in [0.717, 1.165) is 37.1 Å². The van der Waals surface area contributed by atoms with Gasteiger partial charge in [0.05, 0.1) is 12.5 Å². The van der Waals surface area contributed by atoms with E-state index >= 15 is 0 Å². The molecule has 2 aliphatic heterocycles. The second kappa shape index (κ2) is 6.90. The molecule has 0 saturated carbocycles. The monoisotopic (exact) mass is 342 g/mol. The molecule has 0 bridgehead atoms. The maximum atomic E-state index is 13.0. The van der Waals surface area contributed by atoms with Crippen LogP contribution in [0.5, 0.6) is 5.75 Å². The van der Waals surface area contributed by atoms with Crippen LogP contribution in [0.4, 0.5) is 0 Å². The number of rotatable bonds is 4. The Labute approximate surface area is 149 Å². The van der Waals surface area contributed by atoms with Crippen LogP contribution in [0.25, 0.3) is 0 Å². The number of piperidine rings is 1. The molecule has 2 amide bonds. The quantitative estimate of drug-likeness (QED) is 0.790. The Morgan fingerprint density at radius 2 is 2.16 bits per heavy atom. The van der Waals surface area contributed by atoms with E-state index in [4.69, 9.17) is 4.74 Å². The average molecular weight is 342 g/mol. The van der Waals surface area contributed by atoms with Crippen molar-refractivity contribution < 1.29 is 14.3 Å².